The molecular formula is C15H19N3O2. The highest BCUT2D eigenvalue weighted by molar-refractivity contribution is 5.83. The van der Waals surface area contributed by atoms with Crippen molar-refractivity contribution in [2.45, 2.75) is 32.4 Å². The predicted octanol–water partition coefficient (Wildman–Crippen LogP) is 1.54. The molecule has 0 atom stereocenters. The van der Waals surface area contributed by atoms with Crippen LogP contribution in [0.15, 0.2) is 24.5 Å². The number of aliphatic hydroxyl groups is 1. The molecule has 1 saturated heterocycles. The minimum Gasteiger partial charge on any atom is -0.392 e. The molecule has 20 heavy (non-hydrogen) atoms. The molecule has 0 aromatic carbocycles. The molecule has 0 unspecified atom stereocenters. The van der Waals surface area contributed by atoms with Gasteiger partial charge >= 0.3 is 0 Å². The van der Waals surface area contributed by atoms with Crippen molar-refractivity contribution in [3.63, 3.8) is 0 Å². The molecule has 0 saturated carbocycles. The van der Waals surface area contributed by atoms with Crippen LogP contribution in [0.4, 0.5) is 0 Å². The zero-order valence-corrected chi connectivity index (χ0v) is 11.5. The van der Waals surface area contributed by atoms with Gasteiger partial charge < -0.3 is 14.6 Å². The monoisotopic (exact) mass is 273 g/mol. The van der Waals surface area contributed by atoms with Crippen LogP contribution in [0, 0.1) is 0 Å². The molecule has 0 radical (unpaired) electrons. The van der Waals surface area contributed by atoms with E-state index in [2.05, 4.69) is 4.98 Å². The van der Waals surface area contributed by atoms with Gasteiger partial charge in [0.25, 0.3) is 0 Å². The number of hydrogen-bond acceptors (Lipinski definition) is 3. The highest BCUT2D eigenvalue weighted by Crippen LogP contribution is 2.20. The van der Waals surface area contributed by atoms with E-state index in [1.165, 1.54) is 6.42 Å². The fraction of sp³-hybridized carbons (Fsp3) is 0.467. The van der Waals surface area contributed by atoms with Crippen LogP contribution in [-0.2, 0) is 17.9 Å². The van der Waals surface area contributed by atoms with E-state index in [0.717, 1.165) is 42.5 Å². The summed E-state index contributed by atoms with van der Waals surface area (Å²) in [7, 11) is 0. The largest absolute Gasteiger partial charge is 0.392 e. The summed E-state index contributed by atoms with van der Waals surface area (Å²) in [5.41, 5.74) is 1.58. The third kappa shape index (κ3) is 2.41. The highest BCUT2D eigenvalue weighted by Gasteiger charge is 2.18. The summed E-state index contributed by atoms with van der Waals surface area (Å²) in [6.07, 6.45) is 6.95. The molecule has 0 aliphatic carbocycles. The van der Waals surface area contributed by atoms with E-state index in [0.29, 0.717) is 6.54 Å². The Labute approximate surface area is 117 Å². The van der Waals surface area contributed by atoms with Crippen molar-refractivity contribution in [3.8, 4) is 0 Å². The number of carbonyl (C=O) groups excluding carboxylic acids is 1. The number of fused-ring (bicyclic) bond motifs is 1. The molecule has 0 bridgehead atoms. The molecule has 1 aliphatic heterocycles. The topological polar surface area (TPSA) is 58.4 Å². The zero-order valence-electron chi connectivity index (χ0n) is 11.5. The Hall–Kier alpha value is -1.88. The Morgan fingerprint density at radius 1 is 1.30 bits per heavy atom. The normalized spacial score (nSPS) is 15.8. The predicted molar refractivity (Wildman–Crippen MR) is 76.1 cm³/mol. The van der Waals surface area contributed by atoms with Crippen LogP contribution in [0.25, 0.3) is 11.0 Å². The summed E-state index contributed by atoms with van der Waals surface area (Å²) in [5.74, 6) is 0.136. The maximum atomic E-state index is 12.3. The molecule has 3 heterocycles. The van der Waals surface area contributed by atoms with Crippen molar-refractivity contribution >= 4 is 16.9 Å². The van der Waals surface area contributed by atoms with Crippen LogP contribution in [0.3, 0.4) is 0 Å². The minimum atomic E-state index is -0.0346. The smallest absolute Gasteiger partial charge is 0.242 e. The number of piperidine rings is 1. The maximum Gasteiger partial charge on any atom is 0.242 e. The number of amides is 1. The molecule has 106 valence electrons. The molecule has 2 aromatic rings. The van der Waals surface area contributed by atoms with Crippen LogP contribution < -0.4 is 0 Å². The summed E-state index contributed by atoms with van der Waals surface area (Å²) in [6, 6.07) is 3.77. The van der Waals surface area contributed by atoms with Crippen molar-refractivity contribution in [1.82, 2.24) is 14.5 Å². The van der Waals surface area contributed by atoms with E-state index in [4.69, 9.17) is 0 Å². The molecule has 1 N–H and O–H groups in total. The number of aromatic nitrogens is 2. The number of hydrogen-bond donors (Lipinski definition) is 1. The first-order valence-electron chi connectivity index (χ1n) is 7.11. The van der Waals surface area contributed by atoms with Crippen LogP contribution in [-0.4, -0.2) is 38.6 Å². The second-order valence-corrected chi connectivity index (χ2v) is 5.26. The molecule has 2 aromatic heterocycles. The second-order valence-electron chi connectivity index (χ2n) is 5.26. The maximum absolute atomic E-state index is 12.3. The number of rotatable bonds is 3. The van der Waals surface area contributed by atoms with E-state index in [1.807, 2.05) is 27.8 Å². The minimum absolute atomic E-state index is 0.0346. The zero-order chi connectivity index (χ0) is 13.9. The van der Waals surface area contributed by atoms with Gasteiger partial charge in [0.15, 0.2) is 0 Å². The lowest BCUT2D eigenvalue weighted by atomic mass is 10.1. The number of carbonyl (C=O) groups is 1. The average molecular weight is 273 g/mol. The summed E-state index contributed by atoms with van der Waals surface area (Å²) in [4.78, 5) is 18.6. The third-order valence-electron chi connectivity index (χ3n) is 3.90. The molecule has 1 amide bonds. The lowest BCUT2D eigenvalue weighted by Gasteiger charge is -2.26. The van der Waals surface area contributed by atoms with E-state index >= 15 is 0 Å². The first kappa shape index (κ1) is 13.1. The van der Waals surface area contributed by atoms with Gasteiger partial charge in [-0.2, -0.15) is 0 Å². The first-order chi connectivity index (χ1) is 9.79. The highest BCUT2D eigenvalue weighted by atomic mass is 16.3. The van der Waals surface area contributed by atoms with Crippen molar-refractivity contribution in [3.05, 3.63) is 30.1 Å². The van der Waals surface area contributed by atoms with Crippen molar-refractivity contribution < 1.29 is 9.90 Å². The fourth-order valence-electron chi connectivity index (χ4n) is 2.83. The summed E-state index contributed by atoms with van der Waals surface area (Å²) in [5, 5.41) is 10.3. The number of aliphatic hydroxyl groups excluding tert-OH is 1. The number of pyridine rings is 1. The van der Waals surface area contributed by atoms with Crippen LogP contribution in [0.5, 0.6) is 0 Å². The van der Waals surface area contributed by atoms with Crippen molar-refractivity contribution in [1.29, 1.82) is 0 Å². The van der Waals surface area contributed by atoms with E-state index in [1.54, 1.807) is 6.20 Å². The summed E-state index contributed by atoms with van der Waals surface area (Å²) >= 11 is 0. The number of nitrogens with zero attached hydrogens (tertiary/aromatic N) is 3. The Kier molecular flexibility index (Phi) is 3.69. The summed E-state index contributed by atoms with van der Waals surface area (Å²) < 4.78 is 1.85. The average Bonchev–Trinajstić information content (AvgIpc) is 2.86. The van der Waals surface area contributed by atoms with Crippen LogP contribution in [0.2, 0.25) is 0 Å². The van der Waals surface area contributed by atoms with Gasteiger partial charge in [0, 0.05) is 36.4 Å². The van der Waals surface area contributed by atoms with Gasteiger partial charge in [-0.25, -0.2) is 4.98 Å². The quantitative estimate of drug-likeness (QED) is 0.923. The molecule has 5 heteroatoms. The van der Waals surface area contributed by atoms with E-state index < -0.39 is 0 Å². The molecule has 0 spiro atoms. The summed E-state index contributed by atoms with van der Waals surface area (Å²) in [6.45, 7) is 1.98. The SMILES string of the molecule is O=C(Cn1cc(CO)c2cccnc21)N1CCCCC1. The van der Waals surface area contributed by atoms with Gasteiger partial charge in [-0.3, -0.25) is 4.79 Å². The Bertz CT molecular complexity index is 615. The van der Waals surface area contributed by atoms with E-state index in [-0.39, 0.29) is 12.5 Å². The Balaban J connectivity index is 1.85. The molecule has 1 fully saturated rings. The molecule has 3 rings (SSSR count). The molecular weight excluding hydrogens is 254 g/mol. The Morgan fingerprint density at radius 2 is 2.10 bits per heavy atom. The fourth-order valence-corrected chi connectivity index (χ4v) is 2.83. The van der Waals surface area contributed by atoms with Crippen LogP contribution >= 0.6 is 0 Å². The van der Waals surface area contributed by atoms with Crippen molar-refractivity contribution in [2.75, 3.05) is 13.1 Å². The van der Waals surface area contributed by atoms with Gasteiger partial charge in [-0.1, -0.05) is 0 Å². The van der Waals surface area contributed by atoms with Gasteiger partial charge in [0.05, 0.1) is 6.61 Å². The van der Waals surface area contributed by atoms with Gasteiger partial charge in [-0.15, -0.1) is 0 Å². The standard InChI is InChI=1S/C15H19N3O2/c19-11-12-9-18(15-13(12)5-4-6-16-15)10-14(20)17-7-2-1-3-8-17/h4-6,9,19H,1-3,7-8,10-11H2. The lowest BCUT2D eigenvalue weighted by Crippen LogP contribution is -2.37. The second kappa shape index (κ2) is 5.63. The van der Waals surface area contributed by atoms with Gasteiger partial charge in [-0.05, 0) is 31.4 Å². The van der Waals surface area contributed by atoms with Crippen molar-refractivity contribution in [2.24, 2.45) is 0 Å². The lowest BCUT2D eigenvalue weighted by molar-refractivity contribution is -0.132. The third-order valence-corrected chi connectivity index (χ3v) is 3.90. The Morgan fingerprint density at radius 3 is 2.85 bits per heavy atom. The molecule has 1 aliphatic rings. The van der Waals surface area contributed by atoms with E-state index in [9.17, 15) is 9.90 Å². The van der Waals surface area contributed by atoms with Gasteiger partial charge in [0.1, 0.15) is 12.2 Å². The van der Waals surface area contributed by atoms with Gasteiger partial charge in [0.2, 0.25) is 5.91 Å². The first-order valence-corrected chi connectivity index (χ1v) is 7.11. The number of likely N-dealkylation sites (tertiary alicyclic amines) is 1. The van der Waals surface area contributed by atoms with Crippen LogP contribution in [0.1, 0.15) is 24.8 Å². The molecule has 5 nitrogen and oxygen atoms in total.